The van der Waals surface area contributed by atoms with E-state index in [2.05, 4.69) is 56.8 Å². The predicted molar refractivity (Wildman–Crippen MR) is 130 cm³/mol. The highest BCUT2D eigenvalue weighted by Crippen LogP contribution is 2.33. The van der Waals surface area contributed by atoms with Gasteiger partial charge in [0, 0.05) is 48.2 Å². The van der Waals surface area contributed by atoms with Gasteiger partial charge in [-0.3, -0.25) is 4.79 Å². The van der Waals surface area contributed by atoms with Crippen LogP contribution in [0, 0.1) is 0 Å². The zero-order chi connectivity index (χ0) is 24.5. The Kier molecular flexibility index (Phi) is 6.96. The minimum atomic E-state index is -3.81. The Hall–Kier alpha value is -2.89. The maximum Gasteiger partial charge on any atom is 0.487 e. The molecule has 8 nitrogen and oxygen atoms in total. The largest absolute Gasteiger partial charge is 0.487 e. The van der Waals surface area contributed by atoms with Crippen LogP contribution in [0.3, 0.4) is 0 Å². The molecule has 1 fully saturated rings. The van der Waals surface area contributed by atoms with Gasteiger partial charge < -0.3 is 19.9 Å². The van der Waals surface area contributed by atoms with Crippen LogP contribution in [0.5, 0.6) is 5.75 Å². The number of pyridine rings is 1. The summed E-state index contributed by atoms with van der Waals surface area (Å²) in [6.45, 7) is 1.65. The van der Waals surface area contributed by atoms with Crippen LogP contribution in [-0.2, 0) is 0 Å². The highest BCUT2D eigenvalue weighted by Gasteiger charge is 2.29. The van der Waals surface area contributed by atoms with Gasteiger partial charge in [-0.2, -0.15) is 5.10 Å². The van der Waals surface area contributed by atoms with Gasteiger partial charge in [-0.25, -0.2) is 9.07 Å². The molecule has 0 unspecified atom stereocenters. The average molecular weight is 509 g/mol. The van der Waals surface area contributed by atoms with Crippen LogP contribution in [0.25, 0.3) is 11.3 Å². The lowest BCUT2D eigenvalue weighted by atomic mass is 10.1. The minimum absolute atomic E-state index is 0.130. The zero-order valence-electron chi connectivity index (χ0n) is 18.5. The van der Waals surface area contributed by atoms with Gasteiger partial charge in [-0.1, -0.05) is 0 Å². The van der Waals surface area contributed by atoms with E-state index in [0.717, 1.165) is 30.9 Å². The second kappa shape index (κ2) is 9.77. The molecule has 0 spiro atoms. The Morgan fingerprint density at radius 3 is 2.62 bits per heavy atom. The van der Waals surface area contributed by atoms with E-state index in [1.54, 1.807) is 18.3 Å². The lowest BCUT2D eigenvalue weighted by Gasteiger charge is -2.23. The van der Waals surface area contributed by atoms with Crippen molar-refractivity contribution in [1.29, 1.82) is 0 Å². The summed E-state index contributed by atoms with van der Waals surface area (Å²) in [4.78, 5) is 21.9. The number of carbonyl (C=O) groups is 1. The van der Waals surface area contributed by atoms with Crippen molar-refractivity contribution in [2.45, 2.75) is 18.0 Å². The third-order valence-corrected chi connectivity index (χ3v) is 5.96. The van der Waals surface area contributed by atoms with E-state index in [9.17, 15) is 13.6 Å². The highest BCUT2D eigenvalue weighted by atomic mass is 35.5. The van der Waals surface area contributed by atoms with Gasteiger partial charge in [-0.15, -0.1) is 8.78 Å². The number of aromatic nitrogens is 3. The smallest absolute Gasteiger partial charge is 0.420 e. The number of benzene rings is 1. The molecule has 0 radical (unpaired) electrons. The quantitative estimate of drug-likeness (QED) is 0.368. The molecule has 1 N–H and O–H groups in total. The van der Waals surface area contributed by atoms with Crippen LogP contribution in [0.1, 0.15) is 16.8 Å². The van der Waals surface area contributed by atoms with Gasteiger partial charge in [0.05, 0.1) is 17.5 Å². The van der Waals surface area contributed by atoms with E-state index >= 15 is 0 Å². The SMILES string of the molecule is CN(C)[C@@H]1CCN(c2ncc(C(=O)Nc3ccc(OC(F)(F)Cl)cc3)cc2-c2ccnn2S)C1. The Bertz CT molecular complexity index is 1170. The van der Waals surface area contributed by atoms with Crippen LogP contribution < -0.4 is 15.0 Å². The second-order valence-corrected chi connectivity index (χ2v) is 8.90. The first kappa shape index (κ1) is 24.2. The molecule has 3 heterocycles. The predicted octanol–water partition coefficient (Wildman–Crippen LogP) is 4.20. The van der Waals surface area contributed by atoms with Gasteiger partial charge in [0.25, 0.3) is 5.91 Å². The third-order valence-electron chi connectivity index (χ3n) is 5.57. The number of alkyl halides is 3. The zero-order valence-corrected chi connectivity index (χ0v) is 20.1. The van der Waals surface area contributed by atoms with Crippen molar-refractivity contribution < 1.29 is 18.3 Å². The number of halogens is 3. The standard InChI is InChI=1S/C22H23ClF2N6O2S/c1-29(2)16-8-10-30(13-16)20-18(19-7-9-27-31(19)34)11-14(12-26-20)21(32)28-15-3-5-17(6-4-15)33-22(23,24)25/h3-7,9,11-12,16,34H,8,10,13H2,1-2H3,(H,28,32)/t16-/m1/s1. The van der Waals surface area contributed by atoms with Crippen molar-refractivity contribution in [3.63, 3.8) is 0 Å². The summed E-state index contributed by atoms with van der Waals surface area (Å²) < 4.78 is 31.3. The van der Waals surface area contributed by atoms with Crippen molar-refractivity contribution in [2.75, 3.05) is 37.4 Å². The van der Waals surface area contributed by atoms with Crippen LogP contribution >= 0.6 is 24.4 Å². The number of carbonyl (C=O) groups excluding carboxylic acids is 1. The van der Waals surface area contributed by atoms with E-state index in [1.807, 2.05) is 0 Å². The van der Waals surface area contributed by atoms with E-state index < -0.39 is 11.5 Å². The Morgan fingerprint density at radius 1 is 1.29 bits per heavy atom. The number of rotatable bonds is 7. The van der Waals surface area contributed by atoms with Crippen molar-refractivity contribution in [1.82, 2.24) is 19.1 Å². The first-order valence-electron chi connectivity index (χ1n) is 10.4. The van der Waals surface area contributed by atoms with Crippen molar-refractivity contribution in [3.8, 4) is 17.0 Å². The summed E-state index contributed by atoms with van der Waals surface area (Å²) in [6, 6.07) is 9.40. The van der Waals surface area contributed by atoms with Gasteiger partial charge in [-0.05, 0) is 69.7 Å². The van der Waals surface area contributed by atoms with E-state index in [0.29, 0.717) is 23.0 Å². The number of nitrogens with zero attached hydrogens (tertiary/aromatic N) is 5. The van der Waals surface area contributed by atoms with Gasteiger partial charge >= 0.3 is 5.57 Å². The maximum atomic E-state index is 12.9. The molecule has 4 rings (SSSR count). The van der Waals surface area contributed by atoms with E-state index in [4.69, 9.17) is 11.6 Å². The number of hydrogen-bond acceptors (Lipinski definition) is 7. The summed E-state index contributed by atoms with van der Waals surface area (Å²) in [7, 11) is 4.11. The van der Waals surface area contributed by atoms with E-state index in [1.165, 1.54) is 34.5 Å². The number of anilines is 2. The maximum absolute atomic E-state index is 12.9. The van der Waals surface area contributed by atoms with Gasteiger partial charge in [0.15, 0.2) is 0 Å². The molecule has 1 amide bonds. The van der Waals surface area contributed by atoms with Crippen LogP contribution in [0.15, 0.2) is 48.8 Å². The topological polar surface area (TPSA) is 75.5 Å². The molecular formula is C22H23ClF2N6O2S. The Morgan fingerprint density at radius 2 is 2.03 bits per heavy atom. The van der Waals surface area contributed by atoms with Crippen molar-refractivity contribution in [3.05, 3.63) is 54.4 Å². The summed E-state index contributed by atoms with van der Waals surface area (Å²) in [5.41, 5.74) is -1.65. The van der Waals surface area contributed by atoms with Crippen LogP contribution in [0.4, 0.5) is 20.3 Å². The molecule has 34 heavy (non-hydrogen) atoms. The first-order valence-corrected chi connectivity index (χ1v) is 11.2. The average Bonchev–Trinajstić information content (AvgIpc) is 3.43. The molecule has 0 aliphatic carbocycles. The van der Waals surface area contributed by atoms with E-state index in [-0.39, 0.29) is 5.75 Å². The lowest BCUT2D eigenvalue weighted by Crippen LogP contribution is -2.32. The fourth-order valence-corrected chi connectivity index (χ4v) is 4.14. The number of hydrogen-bond donors (Lipinski definition) is 2. The summed E-state index contributed by atoms with van der Waals surface area (Å²) in [6.07, 6.45) is 4.15. The molecule has 12 heteroatoms. The molecule has 0 bridgehead atoms. The molecule has 2 aromatic heterocycles. The Balaban J connectivity index is 1.58. The van der Waals surface area contributed by atoms with Crippen LogP contribution in [-0.4, -0.2) is 63.8 Å². The summed E-state index contributed by atoms with van der Waals surface area (Å²) in [5.74, 6) is 0.213. The molecule has 3 aromatic rings. The monoisotopic (exact) mass is 508 g/mol. The number of nitrogens with one attached hydrogen (secondary N) is 1. The van der Waals surface area contributed by atoms with Gasteiger partial charge in [0.2, 0.25) is 0 Å². The fraction of sp³-hybridized carbons (Fsp3) is 0.318. The Labute approximate surface area is 206 Å². The number of likely N-dealkylation sites (N-methyl/N-ethyl adjacent to an activating group) is 1. The molecule has 1 atom stereocenters. The van der Waals surface area contributed by atoms with Crippen molar-refractivity contribution in [2.24, 2.45) is 0 Å². The van der Waals surface area contributed by atoms with Gasteiger partial charge in [0.1, 0.15) is 11.6 Å². The third kappa shape index (κ3) is 5.60. The normalized spacial score (nSPS) is 16.2. The number of thiol groups is 1. The second-order valence-electron chi connectivity index (χ2n) is 8.08. The molecular weight excluding hydrogens is 486 g/mol. The molecule has 180 valence electrons. The summed E-state index contributed by atoms with van der Waals surface area (Å²) in [5, 5.41) is 6.86. The molecule has 1 saturated heterocycles. The minimum Gasteiger partial charge on any atom is -0.420 e. The molecule has 1 aliphatic heterocycles. The first-order chi connectivity index (χ1) is 16.1. The molecule has 1 aliphatic rings. The van der Waals surface area contributed by atoms with Crippen molar-refractivity contribution >= 4 is 41.8 Å². The number of ether oxygens (including phenoxy) is 1. The lowest BCUT2D eigenvalue weighted by molar-refractivity contribution is -0.0964. The fourth-order valence-electron chi connectivity index (χ4n) is 3.81. The highest BCUT2D eigenvalue weighted by molar-refractivity contribution is 7.78. The van der Waals surface area contributed by atoms with Crippen LogP contribution in [0.2, 0.25) is 0 Å². The summed E-state index contributed by atoms with van der Waals surface area (Å²) >= 11 is 9.16. The molecule has 1 aromatic carbocycles. The number of amides is 1. The molecule has 0 saturated carbocycles.